The number of rotatable bonds is 2. The Morgan fingerprint density at radius 1 is 1.19 bits per heavy atom. The maximum absolute atomic E-state index is 6.27. The van der Waals surface area contributed by atoms with E-state index in [2.05, 4.69) is 60.1 Å². The van der Waals surface area contributed by atoms with E-state index < -0.39 is 0 Å². The topological polar surface area (TPSA) is 26.0 Å². The van der Waals surface area contributed by atoms with Gasteiger partial charge in [0.25, 0.3) is 0 Å². The van der Waals surface area contributed by atoms with Gasteiger partial charge in [-0.3, -0.25) is 0 Å². The molecule has 1 nitrogen and oxygen atoms in total. The van der Waals surface area contributed by atoms with E-state index in [1.54, 1.807) is 11.3 Å². The highest BCUT2D eigenvalue weighted by Gasteiger charge is 2.13. The van der Waals surface area contributed by atoms with E-state index >= 15 is 0 Å². The summed E-state index contributed by atoms with van der Waals surface area (Å²) in [6, 6.07) is 10.5. The van der Waals surface area contributed by atoms with Gasteiger partial charge in [0.05, 0.1) is 9.83 Å². The maximum atomic E-state index is 6.27. The molecule has 0 spiro atoms. The smallest absolute Gasteiger partial charge is 0.0704 e. The first-order chi connectivity index (χ1) is 7.58. The average molecular weight is 296 g/mol. The molecule has 3 heteroatoms. The molecule has 0 amide bonds. The molecule has 1 aromatic heterocycles. The van der Waals surface area contributed by atoms with Crippen molar-refractivity contribution in [1.29, 1.82) is 0 Å². The molecule has 0 saturated carbocycles. The highest BCUT2D eigenvalue weighted by atomic mass is 79.9. The van der Waals surface area contributed by atoms with Crippen LogP contribution >= 0.6 is 27.3 Å². The van der Waals surface area contributed by atoms with Gasteiger partial charge >= 0.3 is 0 Å². The molecule has 16 heavy (non-hydrogen) atoms. The lowest BCUT2D eigenvalue weighted by molar-refractivity contribution is 0.868. The molecule has 0 radical (unpaired) electrons. The Hall–Kier alpha value is -0.640. The van der Waals surface area contributed by atoms with Crippen LogP contribution in [0.2, 0.25) is 0 Å². The van der Waals surface area contributed by atoms with Crippen LogP contribution < -0.4 is 5.73 Å². The molecule has 0 aliphatic rings. The highest BCUT2D eigenvalue weighted by Crippen LogP contribution is 2.32. The van der Waals surface area contributed by atoms with E-state index in [0.717, 1.165) is 3.79 Å². The Bertz CT molecular complexity index is 487. The van der Waals surface area contributed by atoms with Gasteiger partial charge in [-0.25, -0.2) is 0 Å². The van der Waals surface area contributed by atoms with Crippen molar-refractivity contribution >= 4 is 27.3 Å². The zero-order chi connectivity index (χ0) is 11.7. The van der Waals surface area contributed by atoms with Crippen molar-refractivity contribution in [3.63, 3.8) is 0 Å². The standard InChI is InChI=1S/C13H14BrNS/c1-8-3-5-10(6-4-8)13(15)11-7-12(14)16-9(11)2/h3-7,13H,15H2,1-2H3. The Morgan fingerprint density at radius 3 is 2.31 bits per heavy atom. The fourth-order valence-corrected chi connectivity index (χ4v) is 3.48. The molecule has 2 aromatic rings. The van der Waals surface area contributed by atoms with Crippen LogP contribution in [-0.4, -0.2) is 0 Å². The van der Waals surface area contributed by atoms with Gasteiger partial charge in [0.2, 0.25) is 0 Å². The van der Waals surface area contributed by atoms with Crippen LogP contribution in [0.25, 0.3) is 0 Å². The largest absolute Gasteiger partial charge is 0.320 e. The van der Waals surface area contributed by atoms with Crippen molar-refractivity contribution in [3.8, 4) is 0 Å². The van der Waals surface area contributed by atoms with Gasteiger partial charge in [-0.05, 0) is 47.0 Å². The number of hydrogen-bond acceptors (Lipinski definition) is 2. The van der Waals surface area contributed by atoms with Gasteiger partial charge in [-0.15, -0.1) is 11.3 Å². The predicted molar refractivity (Wildman–Crippen MR) is 74.0 cm³/mol. The van der Waals surface area contributed by atoms with Crippen molar-refractivity contribution in [1.82, 2.24) is 0 Å². The number of thiophene rings is 1. The van der Waals surface area contributed by atoms with E-state index in [0.29, 0.717) is 0 Å². The minimum atomic E-state index is -0.0249. The molecule has 0 fully saturated rings. The molecule has 1 unspecified atom stereocenters. The predicted octanol–water partition coefficient (Wildman–Crippen LogP) is 4.18. The summed E-state index contributed by atoms with van der Waals surface area (Å²) in [7, 11) is 0. The minimum absolute atomic E-state index is 0.0249. The Kier molecular flexibility index (Phi) is 3.47. The molecule has 2 rings (SSSR count). The number of halogens is 1. The van der Waals surface area contributed by atoms with Crippen molar-refractivity contribution in [3.05, 3.63) is 55.7 Å². The maximum Gasteiger partial charge on any atom is 0.0704 e. The van der Waals surface area contributed by atoms with Gasteiger partial charge in [-0.1, -0.05) is 29.8 Å². The van der Waals surface area contributed by atoms with E-state index in [1.807, 2.05) is 0 Å². The highest BCUT2D eigenvalue weighted by molar-refractivity contribution is 9.11. The first-order valence-electron chi connectivity index (χ1n) is 5.16. The first-order valence-corrected chi connectivity index (χ1v) is 6.77. The van der Waals surface area contributed by atoms with Crippen molar-refractivity contribution in [2.75, 3.05) is 0 Å². The van der Waals surface area contributed by atoms with Crippen LogP contribution in [0.15, 0.2) is 34.1 Å². The average Bonchev–Trinajstić information content (AvgIpc) is 2.58. The van der Waals surface area contributed by atoms with E-state index in [4.69, 9.17) is 5.73 Å². The monoisotopic (exact) mass is 295 g/mol. The third-order valence-electron chi connectivity index (χ3n) is 2.70. The van der Waals surface area contributed by atoms with Crippen LogP contribution in [0.4, 0.5) is 0 Å². The van der Waals surface area contributed by atoms with Crippen molar-refractivity contribution < 1.29 is 0 Å². The van der Waals surface area contributed by atoms with E-state index in [-0.39, 0.29) is 6.04 Å². The molecule has 0 saturated heterocycles. The van der Waals surface area contributed by atoms with Crippen LogP contribution in [0.1, 0.15) is 27.6 Å². The molecular weight excluding hydrogens is 282 g/mol. The molecule has 0 aliphatic heterocycles. The lowest BCUT2D eigenvalue weighted by Crippen LogP contribution is -2.11. The Balaban J connectivity index is 2.35. The summed E-state index contributed by atoms with van der Waals surface area (Å²) in [4.78, 5) is 1.28. The minimum Gasteiger partial charge on any atom is -0.320 e. The molecular formula is C13H14BrNS. The van der Waals surface area contributed by atoms with Crippen LogP contribution in [-0.2, 0) is 0 Å². The number of nitrogens with two attached hydrogens (primary N) is 1. The second kappa shape index (κ2) is 4.70. The molecule has 1 aromatic carbocycles. The third-order valence-corrected chi connectivity index (χ3v) is 4.27. The first kappa shape index (κ1) is 11.8. The fraction of sp³-hybridized carbons (Fsp3) is 0.231. The lowest BCUT2D eigenvalue weighted by atomic mass is 10.00. The lowest BCUT2D eigenvalue weighted by Gasteiger charge is -2.12. The summed E-state index contributed by atoms with van der Waals surface area (Å²) in [5.41, 5.74) is 9.90. The van der Waals surface area contributed by atoms with Gasteiger partial charge in [-0.2, -0.15) is 0 Å². The Labute approximate surface area is 108 Å². The molecule has 1 atom stereocenters. The number of hydrogen-bond donors (Lipinski definition) is 1. The summed E-state index contributed by atoms with van der Waals surface area (Å²) < 4.78 is 1.14. The number of aryl methyl sites for hydroxylation is 2. The summed E-state index contributed by atoms with van der Waals surface area (Å²) in [5.74, 6) is 0. The second-order valence-corrected chi connectivity index (χ2v) is 6.59. The van der Waals surface area contributed by atoms with Crippen LogP contribution in [0.3, 0.4) is 0 Å². The molecule has 1 heterocycles. The third kappa shape index (κ3) is 2.37. The fourth-order valence-electron chi connectivity index (χ4n) is 1.72. The van der Waals surface area contributed by atoms with Crippen molar-refractivity contribution in [2.24, 2.45) is 5.73 Å². The second-order valence-electron chi connectivity index (χ2n) is 3.95. The van der Waals surface area contributed by atoms with Crippen LogP contribution in [0, 0.1) is 13.8 Å². The molecule has 0 bridgehead atoms. The molecule has 2 N–H and O–H groups in total. The van der Waals surface area contributed by atoms with Crippen LogP contribution in [0.5, 0.6) is 0 Å². The SMILES string of the molecule is Cc1ccc(C(N)c2cc(Br)sc2C)cc1. The quantitative estimate of drug-likeness (QED) is 0.884. The van der Waals surface area contributed by atoms with E-state index in [9.17, 15) is 0 Å². The summed E-state index contributed by atoms with van der Waals surface area (Å²) in [5, 5.41) is 0. The molecule has 84 valence electrons. The van der Waals surface area contributed by atoms with Gasteiger partial charge in [0.15, 0.2) is 0 Å². The van der Waals surface area contributed by atoms with Crippen molar-refractivity contribution in [2.45, 2.75) is 19.9 Å². The van der Waals surface area contributed by atoms with E-state index in [1.165, 1.54) is 21.6 Å². The van der Waals surface area contributed by atoms with Gasteiger partial charge in [0, 0.05) is 4.88 Å². The van der Waals surface area contributed by atoms with Gasteiger partial charge in [0.1, 0.15) is 0 Å². The summed E-state index contributed by atoms with van der Waals surface area (Å²) >= 11 is 5.23. The normalized spacial score (nSPS) is 12.8. The molecule has 0 aliphatic carbocycles. The number of benzene rings is 1. The summed E-state index contributed by atoms with van der Waals surface area (Å²) in [6.45, 7) is 4.19. The zero-order valence-electron chi connectivity index (χ0n) is 9.33. The summed E-state index contributed by atoms with van der Waals surface area (Å²) in [6.07, 6.45) is 0. The Morgan fingerprint density at radius 2 is 1.81 bits per heavy atom. The van der Waals surface area contributed by atoms with Gasteiger partial charge < -0.3 is 5.73 Å². The zero-order valence-corrected chi connectivity index (χ0v) is 11.7.